The SMILES string of the molecule is CCCOC1C(=O)OCc2c1cc1n(c2=O)CC2=C1[N-]C1C=C(F)C(C)=C3CCCC2=C31. The van der Waals surface area contributed by atoms with E-state index in [1.165, 1.54) is 5.57 Å². The van der Waals surface area contributed by atoms with E-state index in [0.717, 1.165) is 48.1 Å². The van der Waals surface area contributed by atoms with Crippen LogP contribution in [0.4, 0.5) is 4.39 Å². The Morgan fingerprint density at radius 2 is 2.06 bits per heavy atom. The largest absolute Gasteiger partial charge is 0.673 e. The average Bonchev–Trinajstić information content (AvgIpc) is 3.16. The van der Waals surface area contributed by atoms with Gasteiger partial charge in [-0.25, -0.2) is 9.18 Å². The van der Waals surface area contributed by atoms with Crippen molar-refractivity contribution in [3.05, 3.63) is 78.3 Å². The van der Waals surface area contributed by atoms with Crippen molar-refractivity contribution in [1.82, 2.24) is 4.57 Å². The molecule has 7 heteroatoms. The van der Waals surface area contributed by atoms with E-state index in [4.69, 9.17) is 14.8 Å². The maximum absolute atomic E-state index is 14.7. The first-order chi connectivity index (χ1) is 15.5. The number of carbonyl (C=O) groups is 1. The van der Waals surface area contributed by atoms with E-state index in [2.05, 4.69) is 0 Å². The Balaban J connectivity index is 1.51. The van der Waals surface area contributed by atoms with Crippen molar-refractivity contribution >= 4 is 11.7 Å². The van der Waals surface area contributed by atoms with E-state index in [0.29, 0.717) is 35.5 Å². The van der Waals surface area contributed by atoms with Crippen LogP contribution in [0.3, 0.4) is 0 Å². The Kier molecular flexibility index (Phi) is 4.34. The highest BCUT2D eigenvalue weighted by atomic mass is 19.1. The van der Waals surface area contributed by atoms with Crippen molar-refractivity contribution in [3.8, 4) is 0 Å². The molecule has 2 unspecified atom stereocenters. The molecule has 4 heterocycles. The molecule has 6 nitrogen and oxygen atoms in total. The van der Waals surface area contributed by atoms with Crippen LogP contribution in [0.5, 0.6) is 0 Å². The van der Waals surface area contributed by atoms with Crippen LogP contribution in [0, 0.1) is 0 Å². The lowest BCUT2D eigenvalue weighted by atomic mass is 9.74. The molecule has 2 aliphatic carbocycles. The summed E-state index contributed by atoms with van der Waals surface area (Å²) < 4.78 is 27.4. The van der Waals surface area contributed by atoms with Crippen molar-refractivity contribution < 1.29 is 18.7 Å². The van der Waals surface area contributed by atoms with E-state index in [9.17, 15) is 14.0 Å². The zero-order valence-corrected chi connectivity index (χ0v) is 18.2. The fraction of sp³-hybridized carbons (Fsp3) is 0.440. The van der Waals surface area contributed by atoms with E-state index in [-0.39, 0.29) is 24.0 Å². The molecular formula is C25H24FN2O4-. The van der Waals surface area contributed by atoms with Gasteiger partial charge < -0.3 is 19.4 Å². The smallest absolute Gasteiger partial charge is 0.340 e. The van der Waals surface area contributed by atoms with Crippen molar-refractivity contribution in [2.24, 2.45) is 0 Å². The van der Waals surface area contributed by atoms with E-state index in [1.807, 2.05) is 19.9 Å². The summed E-state index contributed by atoms with van der Waals surface area (Å²) in [4.78, 5) is 25.8. The molecule has 0 saturated carbocycles. The van der Waals surface area contributed by atoms with E-state index < -0.39 is 12.1 Å². The van der Waals surface area contributed by atoms with Crippen LogP contribution in [-0.4, -0.2) is 23.2 Å². The molecule has 0 bridgehead atoms. The third-order valence-electron chi connectivity index (χ3n) is 7.17. The van der Waals surface area contributed by atoms with Crippen molar-refractivity contribution in [2.45, 2.75) is 64.8 Å². The number of pyridine rings is 1. The minimum Gasteiger partial charge on any atom is -0.673 e. The van der Waals surface area contributed by atoms with Gasteiger partial charge >= 0.3 is 5.97 Å². The Morgan fingerprint density at radius 1 is 1.25 bits per heavy atom. The van der Waals surface area contributed by atoms with Crippen molar-refractivity contribution in [2.75, 3.05) is 6.61 Å². The highest BCUT2D eigenvalue weighted by molar-refractivity contribution is 5.88. The highest BCUT2D eigenvalue weighted by Crippen LogP contribution is 2.52. The second kappa shape index (κ2) is 7.04. The Labute approximate surface area is 185 Å². The van der Waals surface area contributed by atoms with Gasteiger partial charge in [0.15, 0.2) is 6.10 Å². The van der Waals surface area contributed by atoms with Crippen LogP contribution in [0.25, 0.3) is 11.0 Å². The van der Waals surface area contributed by atoms with Crippen LogP contribution in [0.1, 0.15) is 62.5 Å². The molecule has 3 aliphatic heterocycles. The van der Waals surface area contributed by atoms with Gasteiger partial charge in [0.25, 0.3) is 5.56 Å². The number of cyclic esters (lactones) is 1. The molecule has 6 rings (SSSR count). The summed E-state index contributed by atoms with van der Waals surface area (Å²) in [6.07, 6.45) is 4.15. The predicted octanol–water partition coefficient (Wildman–Crippen LogP) is 4.52. The summed E-state index contributed by atoms with van der Waals surface area (Å²) in [6, 6.07) is 1.50. The number of aromatic nitrogens is 1. The third-order valence-corrected chi connectivity index (χ3v) is 7.17. The summed E-state index contributed by atoms with van der Waals surface area (Å²) in [5, 5.41) is 4.93. The number of rotatable bonds is 3. The summed E-state index contributed by atoms with van der Waals surface area (Å²) in [7, 11) is 0. The molecule has 0 spiro atoms. The quantitative estimate of drug-likeness (QED) is 0.655. The fourth-order valence-electron chi connectivity index (χ4n) is 5.64. The molecular weight excluding hydrogens is 411 g/mol. The molecule has 0 radical (unpaired) electrons. The van der Waals surface area contributed by atoms with Gasteiger partial charge in [-0.1, -0.05) is 24.6 Å². The van der Waals surface area contributed by atoms with E-state index in [1.54, 1.807) is 10.6 Å². The number of esters is 1. The molecule has 32 heavy (non-hydrogen) atoms. The van der Waals surface area contributed by atoms with Crippen LogP contribution in [0.2, 0.25) is 0 Å². The number of halogens is 1. The standard InChI is InChI=1S/C25H24FN2O4/c1-3-7-31-23-15-8-20-22-16(10-28(20)24(29)17(15)11-32-25(23)30)14-6-4-5-13-12(2)18(26)9-19(27-22)21(13)14/h8-9,19,23H,3-7,10-11H2,1-2H3/q-1. The number of nitrogens with zero attached hydrogens (tertiary/aromatic N) is 2. The second-order valence-corrected chi connectivity index (χ2v) is 8.98. The normalized spacial score (nSPS) is 25.6. The fourth-order valence-corrected chi connectivity index (χ4v) is 5.64. The molecule has 0 N–H and O–H groups in total. The van der Waals surface area contributed by atoms with Gasteiger partial charge in [-0.15, -0.1) is 5.70 Å². The van der Waals surface area contributed by atoms with Gasteiger partial charge in [-0.3, -0.25) is 4.79 Å². The van der Waals surface area contributed by atoms with Crippen molar-refractivity contribution in [3.63, 3.8) is 0 Å². The number of hydrogen-bond donors (Lipinski definition) is 0. The lowest BCUT2D eigenvalue weighted by molar-refractivity contribution is -0.162. The molecule has 1 aromatic rings. The van der Waals surface area contributed by atoms with Gasteiger partial charge in [-0.05, 0) is 61.0 Å². The zero-order valence-electron chi connectivity index (χ0n) is 18.2. The first kappa shape index (κ1) is 19.7. The Morgan fingerprint density at radius 3 is 2.88 bits per heavy atom. The van der Waals surface area contributed by atoms with Crippen LogP contribution in [0.15, 0.2) is 50.6 Å². The maximum Gasteiger partial charge on any atom is 0.340 e. The number of carbonyl (C=O) groups excluding carboxylic acids is 1. The van der Waals surface area contributed by atoms with Gasteiger partial charge in [0.1, 0.15) is 12.4 Å². The molecule has 1 aromatic heterocycles. The summed E-state index contributed by atoms with van der Waals surface area (Å²) in [5.74, 6) is -0.678. The van der Waals surface area contributed by atoms with E-state index >= 15 is 0 Å². The van der Waals surface area contributed by atoms with Crippen LogP contribution < -0.4 is 5.56 Å². The molecule has 0 aromatic carbocycles. The number of allylic oxidation sites excluding steroid dienone is 4. The monoisotopic (exact) mass is 435 g/mol. The lowest BCUT2D eigenvalue weighted by Gasteiger charge is -2.46. The second-order valence-electron chi connectivity index (χ2n) is 8.98. The Bertz CT molecular complexity index is 1260. The lowest BCUT2D eigenvalue weighted by Crippen LogP contribution is -2.34. The van der Waals surface area contributed by atoms with Crippen molar-refractivity contribution in [1.29, 1.82) is 0 Å². The molecule has 166 valence electrons. The molecule has 2 atom stereocenters. The van der Waals surface area contributed by atoms with Crippen LogP contribution in [-0.2, 0) is 27.4 Å². The van der Waals surface area contributed by atoms with Gasteiger partial charge in [-0.2, -0.15) is 0 Å². The van der Waals surface area contributed by atoms with Gasteiger partial charge in [0, 0.05) is 17.9 Å². The third kappa shape index (κ3) is 2.60. The molecule has 0 fully saturated rings. The number of hydrogen-bond acceptors (Lipinski definition) is 4. The van der Waals surface area contributed by atoms with Gasteiger partial charge in [0.05, 0.1) is 12.1 Å². The van der Waals surface area contributed by atoms with Gasteiger partial charge in [0.2, 0.25) is 0 Å². The Hall–Kier alpha value is -2.93. The minimum atomic E-state index is -0.904. The molecule has 0 amide bonds. The topological polar surface area (TPSA) is 71.6 Å². The zero-order chi connectivity index (χ0) is 22.1. The molecule has 0 saturated heterocycles. The summed E-state index contributed by atoms with van der Waals surface area (Å²) >= 11 is 0. The average molecular weight is 435 g/mol. The first-order valence-corrected chi connectivity index (χ1v) is 11.3. The summed E-state index contributed by atoms with van der Waals surface area (Å²) in [5.41, 5.74) is 7.46. The highest BCUT2D eigenvalue weighted by Gasteiger charge is 2.37. The minimum absolute atomic E-state index is 0.0440. The first-order valence-electron chi connectivity index (χ1n) is 11.3. The number of fused-ring (bicyclic) bond motifs is 4. The van der Waals surface area contributed by atoms with Crippen LogP contribution >= 0.6 is 0 Å². The predicted molar refractivity (Wildman–Crippen MR) is 116 cm³/mol. The number of ether oxygens (including phenoxy) is 2. The molecule has 5 aliphatic rings. The maximum atomic E-state index is 14.7. The summed E-state index contributed by atoms with van der Waals surface area (Å²) in [6.45, 7) is 4.59.